The fraction of sp³-hybridized carbons (Fsp3) is 0.238. The van der Waals surface area contributed by atoms with E-state index in [2.05, 4.69) is 10.3 Å². The molecule has 0 saturated carbocycles. The van der Waals surface area contributed by atoms with E-state index in [1.165, 1.54) is 12.1 Å². The van der Waals surface area contributed by atoms with Gasteiger partial charge in [0, 0.05) is 25.9 Å². The number of carbonyl (C=O) groups excluding carboxylic acids is 1. The maximum Gasteiger partial charge on any atom is 0.221 e. The number of carbonyl (C=O) groups is 1. The Morgan fingerprint density at radius 2 is 1.81 bits per heavy atom. The van der Waals surface area contributed by atoms with Crippen LogP contribution in [0, 0.1) is 5.82 Å². The van der Waals surface area contributed by atoms with Crippen LogP contribution in [-0.2, 0) is 11.8 Å². The Labute approximate surface area is 152 Å². The molecule has 5 heteroatoms. The van der Waals surface area contributed by atoms with E-state index < -0.39 is 6.04 Å². The van der Waals surface area contributed by atoms with Gasteiger partial charge < -0.3 is 9.88 Å². The molecule has 1 aromatic heterocycles. The number of rotatable bonds is 6. The van der Waals surface area contributed by atoms with Crippen LogP contribution in [0.3, 0.4) is 0 Å². The van der Waals surface area contributed by atoms with Crippen LogP contribution in [0.4, 0.5) is 4.39 Å². The SMILES string of the molecule is CC(CC(=O)NC(c1ccc(F)cc1)c1nccn1C)c1ccccc1. The van der Waals surface area contributed by atoms with E-state index in [0.29, 0.717) is 12.2 Å². The number of hydrogen-bond donors (Lipinski definition) is 1. The van der Waals surface area contributed by atoms with Gasteiger partial charge in [0.2, 0.25) is 5.91 Å². The largest absolute Gasteiger partial charge is 0.342 e. The average molecular weight is 351 g/mol. The Bertz CT molecular complexity index is 858. The van der Waals surface area contributed by atoms with E-state index in [9.17, 15) is 9.18 Å². The summed E-state index contributed by atoms with van der Waals surface area (Å²) in [6.07, 6.45) is 3.88. The Morgan fingerprint density at radius 1 is 1.12 bits per heavy atom. The maximum atomic E-state index is 13.3. The zero-order valence-electron chi connectivity index (χ0n) is 14.9. The normalized spacial score (nSPS) is 13.2. The van der Waals surface area contributed by atoms with E-state index in [0.717, 1.165) is 11.1 Å². The zero-order valence-corrected chi connectivity index (χ0v) is 14.9. The zero-order chi connectivity index (χ0) is 18.5. The lowest BCUT2D eigenvalue weighted by Crippen LogP contribution is -2.31. The third-order valence-electron chi connectivity index (χ3n) is 4.49. The van der Waals surface area contributed by atoms with Crippen molar-refractivity contribution in [1.29, 1.82) is 0 Å². The third-order valence-corrected chi connectivity index (χ3v) is 4.49. The first kappa shape index (κ1) is 17.9. The summed E-state index contributed by atoms with van der Waals surface area (Å²) in [4.78, 5) is 17.0. The molecule has 3 aromatic rings. The summed E-state index contributed by atoms with van der Waals surface area (Å²) in [6.45, 7) is 2.03. The van der Waals surface area contributed by atoms with Crippen molar-refractivity contribution in [3.63, 3.8) is 0 Å². The van der Waals surface area contributed by atoms with E-state index in [-0.39, 0.29) is 17.6 Å². The molecule has 2 unspecified atom stereocenters. The summed E-state index contributed by atoms with van der Waals surface area (Å²) in [6, 6.07) is 15.7. The number of nitrogens with zero attached hydrogens (tertiary/aromatic N) is 2. The first-order chi connectivity index (χ1) is 12.5. The molecule has 1 heterocycles. The van der Waals surface area contributed by atoms with Gasteiger partial charge in [0.15, 0.2) is 0 Å². The van der Waals surface area contributed by atoms with Gasteiger partial charge in [-0.3, -0.25) is 4.79 Å². The first-order valence-corrected chi connectivity index (χ1v) is 8.61. The van der Waals surface area contributed by atoms with Crippen LogP contribution in [-0.4, -0.2) is 15.5 Å². The second-order valence-corrected chi connectivity index (χ2v) is 6.46. The van der Waals surface area contributed by atoms with Gasteiger partial charge in [-0.1, -0.05) is 49.4 Å². The highest BCUT2D eigenvalue weighted by Gasteiger charge is 2.22. The Hall–Kier alpha value is -2.95. The predicted octanol–water partition coefficient (Wildman–Crippen LogP) is 3.96. The number of benzene rings is 2. The van der Waals surface area contributed by atoms with Crippen molar-refractivity contribution in [1.82, 2.24) is 14.9 Å². The second-order valence-electron chi connectivity index (χ2n) is 6.46. The van der Waals surface area contributed by atoms with Crippen LogP contribution in [0.1, 0.15) is 42.3 Å². The van der Waals surface area contributed by atoms with Crippen LogP contribution >= 0.6 is 0 Å². The summed E-state index contributed by atoms with van der Waals surface area (Å²) in [5.74, 6) is 0.429. The minimum Gasteiger partial charge on any atom is -0.342 e. The molecule has 1 N–H and O–H groups in total. The van der Waals surface area contributed by atoms with Crippen LogP contribution in [0.2, 0.25) is 0 Å². The Morgan fingerprint density at radius 3 is 2.42 bits per heavy atom. The van der Waals surface area contributed by atoms with E-state index in [1.54, 1.807) is 18.3 Å². The maximum absolute atomic E-state index is 13.3. The fourth-order valence-electron chi connectivity index (χ4n) is 3.00. The summed E-state index contributed by atoms with van der Waals surface area (Å²) < 4.78 is 15.1. The number of aromatic nitrogens is 2. The molecule has 134 valence electrons. The minimum atomic E-state index is -0.425. The summed E-state index contributed by atoms with van der Waals surface area (Å²) in [5, 5.41) is 3.05. The lowest BCUT2D eigenvalue weighted by molar-refractivity contribution is -0.122. The molecule has 2 aromatic carbocycles. The monoisotopic (exact) mass is 351 g/mol. The smallest absolute Gasteiger partial charge is 0.221 e. The highest BCUT2D eigenvalue weighted by molar-refractivity contribution is 5.77. The van der Waals surface area contributed by atoms with Gasteiger partial charge in [0.25, 0.3) is 0 Å². The van der Waals surface area contributed by atoms with Gasteiger partial charge >= 0.3 is 0 Å². The van der Waals surface area contributed by atoms with Crippen molar-refractivity contribution in [2.75, 3.05) is 0 Å². The molecule has 0 aliphatic rings. The van der Waals surface area contributed by atoms with E-state index in [4.69, 9.17) is 0 Å². The van der Waals surface area contributed by atoms with Crippen molar-refractivity contribution >= 4 is 5.91 Å². The summed E-state index contributed by atoms with van der Waals surface area (Å²) in [7, 11) is 1.87. The lowest BCUT2D eigenvalue weighted by Gasteiger charge is -2.20. The van der Waals surface area contributed by atoms with Crippen molar-refractivity contribution in [2.45, 2.75) is 25.3 Å². The van der Waals surface area contributed by atoms with Gasteiger partial charge in [-0.25, -0.2) is 9.37 Å². The molecule has 2 atom stereocenters. The van der Waals surface area contributed by atoms with Crippen LogP contribution in [0.5, 0.6) is 0 Å². The molecule has 26 heavy (non-hydrogen) atoms. The van der Waals surface area contributed by atoms with Gasteiger partial charge in [-0.05, 0) is 29.2 Å². The molecular formula is C21H22FN3O. The molecule has 0 aliphatic carbocycles. The number of hydrogen-bond acceptors (Lipinski definition) is 2. The van der Waals surface area contributed by atoms with Gasteiger partial charge in [-0.2, -0.15) is 0 Å². The quantitative estimate of drug-likeness (QED) is 0.731. The molecule has 1 amide bonds. The molecule has 0 bridgehead atoms. The number of amides is 1. The first-order valence-electron chi connectivity index (χ1n) is 8.61. The average Bonchev–Trinajstić information content (AvgIpc) is 3.07. The van der Waals surface area contributed by atoms with Crippen molar-refractivity contribution in [2.24, 2.45) is 7.05 Å². The highest BCUT2D eigenvalue weighted by Crippen LogP contribution is 2.23. The van der Waals surface area contributed by atoms with E-state index in [1.807, 2.05) is 55.1 Å². The molecule has 0 radical (unpaired) electrons. The number of halogens is 1. The molecule has 0 spiro atoms. The van der Waals surface area contributed by atoms with Gasteiger partial charge in [-0.15, -0.1) is 0 Å². The predicted molar refractivity (Wildman–Crippen MR) is 99.1 cm³/mol. The van der Waals surface area contributed by atoms with Crippen LogP contribution in [0.15, 0.2) is 67.0 Å². The molecule has 0 saturated heterocycles. The minimum absolute atomic E-state index is 0.0707. The number of nitrogens with one attached hydrogen (secondary N) is 1. The van der Waals surface area contributed by atoms with Crippen molar-refractivity contribution < 1.29 is 9.18 Å². The van der Waals surface area contributed by atoms with Crippen molar-refractivity contribution in [3.05, 3.63) is 89.8 Å². The molecule has 4 nitrogen and oxygen atoms in total. The Balaban J connectivity index is 1.78. The highest BCUT2D eigenvalue weighted by atomic mass is 19.1. The van der Waals surface area contributed by atoms with Gasteiger partial charge in [0.1, 0.15) is 17.7 Å². The molecular weight excluding hydrogens is 329 g/mol. The molecule has 0 fully saturated rings. The van der Waals surface area contributed by atoms with Crippen LogP contribution < -0.4 is 5.32 Å². The molecule has 3 rings (SSSR count). The van der Waals surface area contributed by atoms with Crippen LogP contribution in [0.25, 0.3) is 0 Å². The number of imidazole rings is 1. The third kappa shape index (κ3) is 4.17. The lowest BCUT2D eigenvalue weighted by atomic mass is 9.97. The molecule has 0 aliphatic heterocycles. The summed E-state index contributed by atoms with van der Waals surface area (Å²) in [5.41, 5.74) is 1.92. The van der Waals surface area contributed by atoms with E-state index >= 15 is 0 Å². The fourth-order valence-corrected chi connectivity index (χ4v) is 3.00. The van der Waals surface area contributed by atoms with Crippen molar-refractivity contribution in [3.8, 4) is 0 Å². The second kappa shape index (κ2) is 7.95. The topological polar surface area (TPSA) is 46.9 Å². The summed E-state index contributed by atoms with van der Waals surface area (Å²) >= 11 is 0. The Kier molecular flexibility index (Phi) is 5.46. The van der Waals surface area contributed by atoms with Gasteiger partial charge in [0.05, 0.1) is 0 Å². The number of aryl methyl sites for hydroxylation is 1. The standard InChI is InChI=1S/C21H22FN3O/c1-15(16-6-4-3-5-7-16)14-19(26)24-20(21-23-12-13-25(21)2)17-8-10-18(22)11-9-17/h3-13,15,20H,14H2,1-2H3,(H,24,26).